The van der Waals surface area contributed by atoms with E-state index in [-0.39, 0.29) is 13.2 Å². The molecule has 4 nitrogen and oxygen atoms in total. The van der Waals surface area contributed by atoms with E-state index in [1.165, 1.54) is 0 Å². The molecule has 0 aliphatic heterocycles. The van der Waals surface area contributed by atoms with Crippen LogP contribution in [0.15, 0.2) is 0 Å². The van der Waals surface area contributed by atoms with Crippen LogP contribution in [0, 0.1) is 0 Å². The molecule has 1 unspecified atom stereocenters. The second-order valence-corrected chi connectivity index (χ2v) is 3.37. The Morgan fingerprint density at radius 1 is 1.23 bits per heavy atom. The zero-order chi connectivity index (χ0) is 10.2. The zero-order valence-corrected chi connectivity index (χ0v) is 8.58. The molecule has 0 aliphatic rings. The van der Waals surface area contributed by atoms with E-state index in [0.29, 0.717) is 13.2 Å². The van der Waals surface area contributed by atoms with Gasteiger partial charge in [0.2, 0.25) is 0 Å². The molecule has 0 radical (unpaired) electrons. The third-order valence-corrected chi connectivity index (χ3v) is 1.57. The summed E-state index contributed by atoms with van der Waals surface area (Å²) in [4.78, 5) is 0. The highest BCUT2D eigenvalue weighted by molar-refractivity contribution is 4.71. The van der Waals surface area contributed by atoms with Crippen molar-refractivity contribution < 1.29 is 14.6 Å². The van der Waals surface area contributed by atoms with Crippen LogP contribution in [0.2, 0.25) is 0 Å². The van der Waals surface area contributed by atoms with Gasteiger partial charge in [-0.15, -0.1) is 0 Å². The Bertz CT molecular complexity index is 117. The average Bonchev–Trinajstić information content (AvgIpc) is 2.11. The van der Waals surface area contributed by atoms with Crippen molar-refractivity contribution in [1.29, 1.82) is 0 Å². The number of hydrogen-bond acceptors (Lipinski definition) is 4. The minimum atomic E-state index is -0.912. The third-order valence-electron chi connectivity index (χ3n) is 1.57. The molecule has 0 saturated carbocycles. The minimum Gasteiger partial charge on any atom is -0.386 e. The molecule has 0 saturated heterocycles. The Morgan fingerprint density at radius 2 is 1.85 bits per heavy atom. The summed E-state index contributed by atoms with van der Waals surface area (Å²) >= 11 is 0. The van der Waals surface area contributed by atoms with Crippen LogP contribution in [0.3, 0.4) is 0 Å². The summed E-state index contributed by atoms with van der Waals surface area (Å²) in [5.74, 6) is 0. The van der Waals surface area contributed by atoms with Crippen molar-refractivity contribution in [3.63, 3.8) is 0 Å². The second kappa shape index (κ2) is 7.26. The highest BCUT2D eigenvalue weighted by Crippen LogP contribution is 2.00. The van der Waals surface area contributed by atoms with Gasteiger partial charge in [-0.25, -0.2) is 0 Å². The Balaban J connectivity index is 3.16. The Hall–Kier alpha value is -0.160. The molecule has 0 amide bonds. The molecule has 0 bridgehead atoms. The van der Waals surface area contributed by atoms with Crippen LogP contribution < -0.4 is 5.73 Å². The van der Waals surface area contributed by atoms with Crippen LogP contribution in [-0.4, -0.2) is 43.7 Å². The second-order valence-electron chi connectivity index (χ2n) is 3.37. The fourth-order valence-electron chi connectivity index (χ4n) is 0.715. The molecule has 0 aromatic carbocycles. The van der Waals surface area contributed by atoms with Crippen molar-refractivity contribution in [2.75, 3.05) is 33.0 Å². The van der Waals surface area contributed by atoms with Gasteiger partial charge in [0.15, 0.2) is 0 Å². The maximum atomic E-state index is 9.44. The number of aliphatic hydroxyl groups is 1. The average molecular weight is 191 g/mol. The third kappa shape index (κ3) is 8.18. The topological polar surface area (TPSA) is 64.7 Å². The maximum absolute atomic E-state index is 9.44. The van der Waals surface area contributed by atoms with Gasteiger partial charge in [0.25, 0.3) is 0 Å². The van der Waals surface area contributed by atoms with E-state index in [2.05, 4.69) is 6.92 Å². The quantitative estimate of drug-likeness (QED) is 0.536. The summed E-state index contributed by atoms with van der Waals surface area (Å²) in [5.41, 5.74) is 4.40. The van der Waals surface area contributed by atoms with Crippen LogP contribution >= 0.6 is 0 Å². The van der Waals surface area contributed by atoms with Crippen LogP contribution in [-0.2, 0) is 9.47 Å². The Labute approximate surface area is 80.0 Å². The first kappa shape index (κ1) is 12.8. The van der Waals surface area contributed by atoms with Gasteiger partial charge in [-0.1, -0.05) is 6.92 Å². The molecule has 0 fully saturated rings. The summed E-state index contributed by atoms with van der Waals surface area (Å²) in [6.45, 7) is 6.03. The van der Waals surface area contributed by atoms with Gasteiger partial charge in [0.1, 0.15) is 0 Å². The monoisotopic (exact) mass is 191 g/mol. The molecule has 0 aliphatic carbocycles. The van der Waals surface area contributed by atoms with E-state index in [9.17, 15) is 5.11 Å². The van der Waals surface area contributed by atoms with Crippen molar-refractivity contribution in [3.05, 3.63) is 0 Å². The highest BCUT2D eigenvalue weighted by Gasteiger charge is 2.17. The maximum Gasteiger partial charge on any atom is 0.0973 e. The molecular weight excluding hydrogens is 170 g/mol. The van der Waals surface area contributed by atoms with Crippen molar-refractivity contribution in [3.8, 4) is 0 Å². The number of hydrogen-bond donors (Lipinski definition) is 2. The predicted molar refractivity (Wildman–Crippen MR) is 51.6 cm³/mol. The van der Waals surface area contributed by atoms with Gasteiger partial charge in [0, 0.05) is 13.2 Å². The van der Waals surface area contributed by atoms with Crippen molar-refractivity contribution in [2.24, 2.45) is 5.73 Å². The number of nitrogens with two attached hydrogens (primary N) is 1. The van der Waals surface area contributed by atoms with E-state index >= 15 is 0 Å². The van der Waals surface area contributed by atoms with Crippen LogP contribution in [0.1, 0.15) is 20.3 Å². The molecule has 0 rings (SSSR count). The molecule has 13 heavy (non-hydrogen) atoms. The lowest BCUT2D eigenvalue weighted by molar-refractivity contribution is -0.0422. The summed E-state index contributed by atoms with van der Waals surface area (Å²) in [6, 6.07) is 0. The molecule has 3 N–H and O–H groups in total. The summed E-state index contributed by atoms with van der Waals surface area (Å²) in [6.07, 6.45) is 1.01. The summed E-state index contributed by atoms with van der Waals surface area (Å²) in [7, 11) is 0. The van der Waals surface area contributed by atoms with Gasteiger partial charge in [-0.3, -0.25) is 0 Å². The van der Waals surface area contributed by atoms with Gasteiger partial charge in [-0.05, 0) is 13.3 Å². The Morgan fingerprint density at radius 3 is 2.38 bits per heavy atom. The molecule has 0 aromatic heterocycles. The molecule has 80 valence electrons. The highest BCUT2D eigenvalue weighted by atomic mass is 16.5. The molecule has 0 heterocycles. The lowest BCUT2D eigenvalue weighted by atomic mass is 10.1. The normalized spacial score (nSPS) is 15.7. The SMILES string of the molecule is CCCOCCOCC(C)(O)CN. The zero-order valence-electron chi connectivity index (χ0n) is 8.58. The van der Waals surface area contributed by atoms with Gasteiger partial charge < -0.3 is 20.3 Å². The first-order chi connectivity index (χ1) is 6.12. The van der Waals surface area contributed by atoms with E-state index in [0.717, 1.165) is 13.0 Å². The van der Waals surface area contributed by atoms with Crippen molar-refractivity contribution >= 4 is 0 Å². The minimum absolute atomic E-state index is 0.211. The van der Waals surface area contributed by atoms with Crippen LogP contribution in [0.4, 0.5) is 0 Å². The summed E-state index contributed by atoms with van der Waals surface area (Å²) in [5, 5.41) is 9.44. The lowest BCUT2D eigenvalue weighted by Gasteiger charge is -2.20. The first-order valence-corrected chi connectivity index (χ1v) is 4.70. The van der Waals surface area contributed by atoms with Gasteiger partial charge >= 0.3 is 0 Å². The lowest BCUT2D eigenvalue weighted by Crippen LogP contribution is -2.39. The van der Waals surface area contributed by atoms with E-state index < -0.39 is 5.60 Å². The summed E-state index contributed by atoms with van der Waals surface area (Å²) < 4.78 is 10.4. The first-order valence-electron chi connectivity index (χ1n) is 4.70. The smallest absolute Gasteiger partial charge is 0.0973 e. The fourth-order valence-corrected chi connectivity index (χ4v) is 0.715. The number of ether oxygens (including phenoxy) is 2. The molecule has 0 aromatic rings. The molecule has 0 spiro atoms. The number of rotatable bonds is 8. The van der Waals surface area contributed by atoms with E-state index in [1.807, 2.05) is 0 Å². The Kier molecular flexibility index (Phi) is 7.17. The van der Waals surface area contributed by atoms with E-state index in [1.54, 1.807) is 6.92 Å². The molecule has 1 atom stereocenters. The van der Waals surface area contributed by atoms with Crippen LogP contribution in [0.25, 0.3) is 0 Å². The van der Waals surface area contributed by atoms with Gasteiger partial charge in [-0.2, -0.15) is 0 Å². The molecular formula is C9H21NO3. The largest absolute Gasteiger partial charge is 0.386 e. The fraction of sp³-hybridized carbons (Fsp3) is 1.00. The predicted octanol–water partition coefficient (Wildman–Crippen LogP) is 0.139. The van der Waals surface area contributed by atoms with Crippen molar-refractivity contribution in [2.45, 2.75) is 25.9 Å². The van der Waals surface area contributed by atoms with Crippen molar-refractivity contribution in [1.82, 2.24) is 0 Å². The van der Waals surface area contributed by atoms with E-state index in [4.69, 9.17) is 15.2 Å². The standard InChI is InChI=1S/C9H21NO3/c1-3-4-12-5-6-13-8-9(2,11)7-10/h11H,3-8,10H2,1-2H3. The van der Waals surface area contributed by atoms with Gasteiger partial charge in [0.05, 0.1) is 25.4 Å². The molecule has 4 heteroatoms. The van der Waals surface area contributed by atoms with Crippen LogP contribution in [0.5, 0.6) is 0 Å².